The van der Waals surface area contributed by atoms with E-state index >= 15 is 0 Å². The first-order valence-electron chi connectivity index (χ1n) is 5.24. The van der Waals surface area contributed by atoms with Crippen molar-refractivity contribution in [1.82, 2.24) is 0 Å². The van der Waals surface area contributed by atoms with Crippen molar-refractivity contribution in [3.05, 3.63) is 41.7 Å². The topological polar surface area (TPSA) is 26.3 Å². The van der Waals surface area contributed by atoms with Gasteiger partial charge in [-0.25, -0.2) is 0 Å². The quantitative estimate of drug-likeness (QED) is 0.689. The molecule has 0 N–H and O–H groups in total. The highest BCUT2D eigenvalue weighted by atomic mass is 16.6. The maximum Gasteiger partial charge on any atom is 0.321 e. The number of rotatable bonds is 2. The Morgan fingerprint density at radius 2 is 2.00 bits per heavy atom. The fourth-order valence-electron chi connectivity index (χ4n) is 1.82. The minimum absolute atomic E-state index is 0.0693. The van der Waals surface area contributed by atoms with Crippen LogP contribution in [0.15, 0.2) is 36.1 Å². The number of benzene rings is 1. The highest BCUT2D eigenvalue weighted by molar-refractivity contribution is 5.88. The minimum Gasteiger partial charge on any atom is -0.429 e. The van der Waals surface area contributed by atoms with Gasteiger partial charge in [0.25, 0.3) is 0 Å². The average Bonchev–Trinajstić information content (AvgIpc) is 2.30. The first kappa shape index (κ1) is 9.97. The van der Waals surface area contributed by atoms with Crippen molar-refractivity contribution in [2.45, 2.75) is 20.3 Å². The van der Waals surface area contributed by atoms with Crippen LogP contribution in [-0.4, -0.2) is 5.97 Å². The van der Waals surface area contributed by atoms with Gasteiger partial charge in [-0.1, -0.05) is 37.3 Å². The van der Waals surface area contributed by atoms with E-state index in [1.54, 1.807) is 0 Å². The van der Waals surface area contributed by atoms with Crippen LogP contribution in [0.3, 0.4) is 0 Å². The van der Waals surface area contributed by atoms with Gasteiger partial charge in [-0.2, -0.15) is 0 Å². The van der Waals surface area contributed by atoms with Gasteiger partial charge in [-0.3, -0.25) is 4.79 Å². The van der Waals surface area contributed by atoms with Crippen molar-refractivity contribution < 1.29 is 9.53 Å². The summed E-state index contributed by atoms with van der Waals surface area (Å²) in [5.41, 5.74) is 2.29. The second-order valence-corrected chi connectivity index (χ2v) is 3.71. The zero-order valence-corrected chi connectivity index (χ0v) is 8.99. The molecule has 0 amide bonds. The summed E-state index contributed by atoms with van der Waals surface area (Å²) in [6, 6.07) is 10.1. The lowest BCUT2D eigenvalue weighted by Gasteiger charge is -2.27. The second kappa shape index (κ2) is 3.89. The van der Waals surface area contributed by atoms with Crippen LogP contribution in [0, 0.1) is 5.92 Å². The van der Waals surface area contributed by atoms with E-state index in [9.17, 15) is 4.79 Å². The number of allylic oxidation sites excluding steroid dienone is 1. The van der Waals surface area contributed by atoms with Gasteiger partial charge >= 0.3 is 5.97 Å². The summed E-state index contributed by atoms with van der Waals surface area (Å²) >= 11 is 0. The summed E-state index contributed by atoms with van der Waals surface area (Å²) < 4.78 is 5.10. The van der Waals surface area contributed by atoms with Crippen LogP contribution < -0.4 is 0 Å². The van der Waals surface area contributed by atoms with E-state index in [1.165, 1.54) is 0 Å². The predicted molar refractivity (Wildman–Crippen MR) is 58.9 cm³/mol. The monoisotopic (exact) mass is 202 g/mol. The molecule has 78 valence electrons. The van der Waals surface area contributed by atoms with Gasteiger partial charge in [0.15, 0.2) is 0 Å². The molecule has 0 saturated carbocycles. The zero-order chi connectivity index (χ0) is 10.8. The van der Waals surface area contributed by atoms with Crippen molar-refractivity contribution in [2.75, 3.05) is 0 Å². The van der Waals surface area contributed by atoms with Gasteiger partial charge in [0, 0.05) is 0 Å². The van der Waals surface area contributed by atoms with E-state index in [0.717, 1.165) is 23.3 Å². The largest absolute Gasteiger partial charge is 0.429 e. The summed E-state index contributed by atoms with van der Waals surface area (Å²) in [5.74, 6) is 0.653. The van der Waals surface area contributed by atoms with E-state index in [-0.39, 0.29) is 11.9 Å². The molecule has 1 aliphatic heterocycles. The fraction of sp³-hybridized carbons (Fsp3) is 0.308. The van der Waals surface area contributed by atoms with Crippen LogP contribution in [0.4, 0.5) is 0 Å². The first-order chi connectivity index (χ1) is 7.24. The molecule has 1 aromatic carbocycles. The smallest absolute Gasteiger partial charge is 0.321 e. The van der Waals surface area contributed by atoms with E-state index in [4.69, 9.17) is 4.74 Å². The molecule has 1 aliphatic rings. The number of carbonyl (C=O) groups excluding carboxylic acids is 1. The van der Waals surface area contributed by atoms with Crippen LogP contribution in [-0.2, 0) is 9.53 Å². The maximum atomic E-state index is 11.0. The van der Waals surface area contributed by atoms with Gasteiger partial charge in [0.1, 0.15) is 11.7 Å². The van der Waals surface area contributed by atoms with Crippen LogP contribution >= 0.6 is 0 Å². The zero-order valence-electron chi connectivity index (χ0n) is 8.99. The highest BCUT2D eigenvalue weighted by Gasteiger charge is 2.35. The Labute approximate surface area is 89.6 Å². The summed E-state index contributed by atoms with van der Waals surface area (Å²) in [7, 11) is 0. The SMILES string of the molecule is CC/C(=C1\OC(=O)C1C)c1ccccc1. The predicted octanol–water partition coefficient (Wildman–Crippen LogP) is 3.00. The summed E-state index contributed by atoms with van der Waals surface area (Å²) in [4.78, 5) is 11.0. The molecule has 2 nitrogen and oxygen atoms in total. The summed E-state index contributed by atoms with van der Waals surface area (Å²) in [5, 5.41) is 0. The molecule has 2 heteroatoms. The lowest BCUT2D eigenvalue weighted by atomic mass is 9.93. The second-order valence-electron chi connectivity index (χ2n) is 3.71. The number of cyclic esters (lactones) is 1. The number of ether oxygens (including phenoxy) is 1. The average molecular weight is 202 g/mol. The van der Waals surface area contributed by atoms with Crippen LogP contribution in [0.5, 0.6) is 0 Å². The minimum atomic E-state index is -0.119. The van der Waals surface area contributed by atoms with Crippen molar-refractivity contribution in [2.24, 2.45) is 5.92 Å². The fourth-order valence-corrected chi connectivity index (χ4v) is 1.82. The third-order valence-corrected chi connectivity index (χ3v) is 2.73. The summed E-state index contributed by atoms with van der Waals surface area (Å²) in [6.07, 6.45) is 0.886. The van der Waals surface area contributed by atoms with E-state index in [1.807, 2.05) is 37.3 Å². The van der Waals surface area contributed by atoms with Gasteiger partial charge < -0.3 is 4.74 Å². The Morgan fingerprint density at radius 3 is 2.47 bits per heavy atom. The number of carbonyl (C=O) groups is 1. The molecule has 0 spiro atoms. The van der Waals surface area contributed by atoms with Gasteiger partial charge in [0.05, 0.1) is 0 Å². The molecule has 1 heterocycles. The standard InChI is InChI=1S/C13H14O2/c1-3-11(10-7-5-4-6-8-10)12-9(2)13(14)15-12/h4-9H,3H2,1-2H3/b12-11+. The van der Waals surface area contributed by atoms with Gasteiger partial charge in [-0.15, -0.1) is 0 Å². The van der Waals surface area contributed by atoms with E-state index in [0.29, 0.717) is 0 Å². The molecule has 1 saturated heterocycles. The van der Waals surface area contributed by atoms with Crippen LogP contribution in [0.2, 0.25) is 0 Å². The lowest BCUT2D eigenvalue weighted by molar-refractivity contribution is -0.155. The first-order valence-corrected chi connectivity index (χ1v) is 5.24. The molecule has 0 bridgehead atoms. The van der Waals surface area contributed by atoms with Crippen LogP contribution in [0.25, 0.3) is 5.57 Å². The number of esters is 1. The molecule has 1 atom stereocenters. The summed E-state index contributed by atoms with van der Waals surface area (Å²) in [6.45, 7) is 3.97. The highest BCUT2D eigenvalue weighted by Crippen LogP contribution is 2.34. The van der Waals surface area contributed by atoms with Gasteiger partial charge in [0.2, 0.25) is 0 Å². The molecule has 0 aromatic heterocycles. The van der Waals surface area contributed by atoms with Crippen LogP contribution in [0.1, 0.15) is 25.8 Å². The number of hydrogen-bond donors (Lipinski definition) is 0. The van der Waals surface area contributed by atoms with Crippen molar-refractivity contribution in [3.8, 4) is 0 Å². The molecular formula is C13H14O2. The third kappa shape index (κ3) is 1.67. The Morgan fingerprint density at radius 1 is 1.33 bits per heavy atom. The molecule has 0 aliphatic carbocycles. The Bertz CT molecular complexity index is 404. The van der Waals surface area contributed by atoms with Crippen molar-refractivity contribution in [3.63, 3.8) is 0 Å². The maximum absolute atomic E-state index is 11.0. The third-order valence-electron chi connectivity index (χ3n) is 2.73. The lowest BCUT2D eigenvalue weighted by Crippen LogP contribution is -2.30. The van der Waals surface area contributed by atoms with E-state index in [2.05, 4.69) is 6.92 Å². The van der Waals surface area contributed by atoms with E-state index < -0.39 is 0 Å². The normalized spacial score (nSPS) is 23.1. The Hall–Kier alpha value is -1.57. The Kier molecular flexibility index (Phi) is 2.58. The molecule has 1 aromatic rings. The molecular weight excluding hydrogens is 188 g/mol. The number of hydrogen-bond acceptors (Lipinski definition) is 2. The van der Waals surface area contributed by atoms with Crippen molar-refractivity contribution >= 4 is 11.5 Å². The molecule has 1 fully saturated rings. The Balaban J connectivity index is 2.37. The molecule has 2 rings (SSSR count). The molecule has 1 unspecified atom stereocenters. The van der Waals surface area contributed by atoms with Gasteiger partial charge in [-0.05, 0) is 24.5 Å². The molecule has 0 radical (unpaired) electrons. The molecule has 15 heavy (non-hydrogen) atoms. The van der Waals surface area contributed by atoms with Crippen molar-refractivity contribution in [1.29, 1.82) is 0 Å².